The van der Waals surface area contributed by atoms with Gasteiger partial charge in [-0.1, -0.05) is 0 Å². The quantitative estimate of drug-likeness (QED) is 0.841. The molecule has 0 aliphatic heterocycles. The largest absolute Gasteiger partial charge is 0.573 e. The number of rotatable bonds is 3. The lowest BCUT2D eigenvalue weighted by Gasteiger charge is -2.12. The van der Waals surface area contributed by atoms with Crippen LogP contribution in [0.15, 0.2) is 6.07 Å². The van der Waals surface area contributed by atoms with Crippen molar-refractivity contribution < 1.29 is 27.8 Å². The third-order valence-electron chi connectivity index (χ3n) is 1.73. The number of ether oxygens (including phenoxy) is 1. The molecule has 0 atom stereocenters. The molecule has 1 heterocycles. The average molecular weight is 261 g/mol. The molecular weight excluding hydrogens is 255 g/mol. The molecule has 3 N–H and O–H groups in total. The smallest absolute Gasteiger partial charge is 0.481 e. The number of carboxylic acids is 1. The molecule has 0 fully saturated rings. The molecule has 96 valence electrons. The number of anilines is 1. The molecule has 18 heavy (non-hydrogen) atoms. The third kappa shape index (κ3) is 3.51. The summed E-state index contributed by atoms with van der Waals surface area (Å²) in [6, 6.07) is 2.12. The zero-order chi connectivity index (χ0) is 13.9. The van der Waals surface area contributed by atoms with E-state index in [1.165, 1.54) is 6.07 Å². The zero-order valence-electron chi connectivity index (χ0n) is 8.65. The van der Waals surface area contributed by atoms with Crippen molar-refractivity contribution in [1.29, 1.82) is 5.26 Å². The standard InChI is InChI=1S/C9H6F3N3O3/c10-9(11,12)18-6-2-7(14)15-5(1-8(16)17)4(6)3-13/h2H,1H2,(H2,14,15)(H,16,17). The van der Waals surface area contributed by atoms with Gasteiger partial charge in [0, 0.05) is 6.07 Å². The van der Waals surface area contributed by atoms with Gasteiger partial charge in [-0.3, -0.25) is 4.79 Å². The van der Waals surface area contributed by atoms with Gasteiger partial charge in [-0.25, -0.2) is 4.98 Å². The van der Waals surface area contributed by atoms with Gasteiger partial charge in [0.15, 0.2) is 5.75 Å². The van der Waals surface area contributed by atoms with Gasteiger partial charge in [0.05, 0.1) is 12.1 Å². The Morgan fingerprint density at radius 1 is 1.61 bits per heavy atom. The highest BCUT2D eigenvalue weighted by molar-refractivity contribution is 5.71. The first-order valence-electron chi connectivity index (χ1n) is 4.40. The van der Waals surface area contributed by atoms with Crippen LogP contribution >= 0.6 is 0 Å². The second kappa shape index (κ2) is 4.79. The summed E-state index contributed by atoms with van der Waals surface area (Å²) in [5.41, 5.74) is 4.22. The number of carboxylic acid groups (broad SMARTS) is 1. The van der Waals surface area contributed by atoms with E-state index in [9.17, 15) is 18.0 Å². The average Bonchev–Trinajstić information content (AvgIpc) is 2.13. The highest BCUT2D eigenvalue weighted by Gasteiger charge is 2.33. The Kier molecular flexibility index (Phi) is 3.61. The summed E-state index contributed by atoms with van der Waals surface area (Å²) in [5, 5.41) is 17.3. The van der Waals surface area contributed by atoms with E-state index in [-0.39, 0.29) is 11.5 Å². The predicted molar refractivity (Wildman–Crippen MR) is 51.4 cm³/mol. The summed E-state index contributed by atoms with van der Waals surface area (Å²) in [4.78, 5) is 14.0. The number of carbonyl (C=O) groups is 1. The molecule has 1 aromatic rings. The van der Waals surface area contributed by atoms with Gasteiger partial charge in [0.1, 0.15) is 17.5 Å². The number of nitrogens with two attached hydrogens (primary N) is 1. The van der Waals surface area contributed by atoms with Crippen molar-refractivity contribution in [3.8, 4) is 11.8 Å². The van der Waals surface area contributed by atoms with Crippen LogP contribution in [0.25, 0.3) is 0 Å². The van der Waals surface area contributed by atoms with Crippen LogP contribution in [0.1, 0.15) is 11.3 Å². The van der Waals surface area contributed by atoms with Crippen molar-refractivity contribution in [3.05, 3.63) is 17.3 Å². The predicted octanol–water partition coefficient (Wildman–Crippen LogP) is 1.06. The van der Waals surface area contributed by atoms with Gasteiger partial charge in [-0.2, -0.15) is 5.26 Å². The lowest BCUT2D eigenvalue weighted by molar-refractivity contribution is -0.274. The lowest BCUT2D eigenvalue weighted by atomic mass is 10.1. The van der Waals surface area contributed by atoms with Gasteiger partial charge in [-0.15, -0.1) is 13.2 Å². The van der Waals surface area contributed by atoms with Crippen LogP contribution in [0.5, 0.6) is 5.75 Å². The van der Waals surface area contributed by atoms with Crippen molar-refractivity contribution in [1.82, 2.24) is 4.98 Å². The first-order chi connectivity index (χ1) is 8.23. The first kappa shape index (κ1) is 13.6. The van der Waals surface area contributed by atoms with Gasteiger partial charge >= 0.3 is 12.3 Å². The normalized spacial score (nSPS) is 10.8. The maximum Gasteiger partial charge on any atom is 0.573 e. The van der Waals surface area contributed by atoms with Crippen molar-refractivity contribution >= 4 is 11.8 Å². The van der Waals surface area contributed by atoms with Gasteiger partial charge in [0.2, 0.25) is 0 Å². The molecule has 1 rings (SSSR count). The fourth-order valence-electron chi connectivity index (χ4n) is 1.19. The molecular formula is C9H6F3N3O3. The summed E-state index contributed by atoms with van der Waals surface area (Å²) < 4.78 is 39.8. The van der Waals surface area contributed by atoms with Crippen molar-refractivity contribution in [2.24, 2.45) is 0 Å². The van der Waals surface area contributed by atoms with Crippen LogP contribution < -0.4 is 10.5 Å². The number of nitrogens with zero attached hydrogens (tertiary/aromatic N) is 2. The molecule has 0 bridgehead atoms. The van der Waals surface area contributed by atoms with E-state index in [1.54, 1.807) is 0 Å². The van der Waals surface area contributed by atoms with Gasteiger partial charge in [-0.05, 0) is 0 Å². The maximum atomic E-state index is 12.1. The molecule has 6 nitrogen and oxygen atoms in total. The van der Waals surface area contributed by atoms with E-state index in [4.69, 9.17) is 16.1 Å². The second-order valence-electron chi connectivity index (χ2n) is 3.10. The van der Waals surface area contributed by atoms with E-state index in [0.717, 1.165) is 0 Å². The minimum Gasteiger partial charge on any atom is -0.481 e. The Hall–Kier alpha value is -2.50. The number of nitrogen functional groups attached to an aromatic ring is 1. The maximum absolute atomic E-state index is 12.1. The molecule has 9 heteroatoms. The van der Waals surface area contributed by atoms with E-state index in [2.05, 4.69) is 9.72 Å². The van der Waals surface area contributed by atoms with Crippen molar-refractivity contribution in [2.45, 2.75) is 12.8 Å². The number of nitriles is 1. The van der Waals surface area contributed by atoms with Gasteiger partial charge < -0.3 is 15.6 Å². The fraction of sp³-hybridized carbons (Fsp3) is 0.222. The molecule has 0 aliphatic carbocycles. The highest BCUT2D eigenvalue weighted by atomic mass is 19.4. The number of hydrogen-bond acceptors (Lipinski definition) is 5. The molecule has 0 amide bonds. The molecule has 0 aromatic carbocycles. The van der Waals surface area contributed by atoms with E-state index < -0.39 is 30.1 Å². The molecule has 0 spiro atoms. The Balaban J connectivity index is 3.30. The Bertz CT molecular complexity index is 522. The number of pyridine rings is 1. The van der Waals surface area contributed by atoms with Crippen LogP contribution in [0.2, 0.25) is 0 Å². The van der Waals surface area contributed by atoms with Crippen molar-refractivity contribution in [2.75, 3.05) is 5.73 Å². The van der Waals surface area contributed by atoms with E-state index in [1.807, 2.05) is 0 Å². The highest BCUT2D eigenvalue weighted by Crippen LogP contribution is 2.29. The fourth-order valence-corrected chi connectivity index (χ4v) is 1.19. The first-order valence-corrected chi connectivity index (χ1v) is 4.40. The third-order valence-corrected chi connectivity index (χ3v) is 1.73. The molecule has 1 aromatic heterocycles. The molecule has 0 saturated heterocycles. The number of alkyl halides is 3. The Morgan fingerprint density at radius 2 is 2.22 bits per heavy atom. The number of hydrogen-bond donors (Lipinski definition) is 2. The summed E-state index contributed by atoms with van der Waals surface area (Å²) in [6.07, 6.45) is -5.75. The SMILES string of the molecule is N#Cc1c(OC(F)(F)F)cc(N)nc1CC(=O)O. The molecule has 0 unspecified atom stereocenters. The summed E-state index contributed by atoms with van der Waals surface area (Å²) in [6.45, 7) is 0. The molecule has 0 aliphatic rings. The second-order valence-corrected chi connectivity index (χ2v) is 3.10. The monoisotopic (exact) mass is 261 g/mol. The summed E-state index contributed by atoms with van der Waals surface area (Å²) >= 11 is 0. The van der Waals surface area contributed by atoms with Crippen molar-refractivity contribution in [3.63, 3.8) is 0 Å². The van der Waals surface area contributed by atoms with Crippen LogP contribution in [-0.4, -0.2) is 22.4 Å². The lowest BCUT2D eigenvalue weighted by Crippen LogP contribution is -2.19. The Morgan fingerprint density at radius 3 is 2.67 bits per heavy atom. The minimum atomic E-state index is -5.01. The topological polar surface area (TPSA) is 109 Å². The number of aliphatic carboxylic acids is 1. The Labute approximate surface area is 98.4 Å². The van der Waals surface area contributed by atoms with Crippen LogP contribution in [0, 0.1) is 11.3 Å². The molecule has 0 saturated carbocycles. The van der Waals surface area contributed by atoms with Gasteiger partial charge in [0.25, 0.3) is 0 Å². The number of halogens is 3. The summed E-state index contributed by atoms with van der Waals surface area (Å²) in [5.74, 6) is -2.60. The van der Waals surface area contributed by atoms with Crippen LogP contribution in [0.3, 0.4) is 0 Å². The van der Waals surface area contributed by atoms with Crippen LogP contribution in [-0.2, 0) is 11.2 Å². The number of aromatic nitrogens is 1. The molecule has 0 radical (unpaired) electrons. The van der Waals surface area contributed by atoms with E-state index >= 15 is 0 Å². The van der Waals surface area contributed by atoms with Crippen LogP contribution in [0.4, 0.5) is 19.0 Å². The van der Waals surface area contributed by atoms with E-state index in [0.29, 0.717) is 6.07 Å². The summed E-state index contributed by atoms with van der Waals surface area (Å²) in [7, 11) is 0. The minimum absolute atomic E-state index is 0.371. The zero-order valence-corrected chi connectivity index (χ0v) is 8.65.